The lowest BCUT2D eigenvalue weighted by atomic mass is 9.78. The first kappa shape index (κ1) is 14.8. The first-order chi connectivity index (χ1) is 8.94. The zero-order valence-electron chi connectivity index (χ0n) is 12.0. The lowest BCUT2D eigenvalue weighted by Crippen LogP contribution is -2.60. The highest BCUT2D eigenvalue weighted by atomic mass is 16.5. The summed E-state index contributed by atoms with van der Waals surface area (Å²) in [4.78, 5) is 14.3. The van der Waals surface area contributed by atoms with Crippen molar-refractivity contribution in [3.63, 3.8) is 0 Å². The number of piperazine rings is 1. The Morgan fingerprint density at radius 2 is 2.05 bits per heavy atom. The number of hydrogen-bond donors (Lipinski definition) is 2. The maximum atomic E-state index is 12.5. The summed E-state index contributed by atoms with van der Waals surface area (Å²) in [6.45, 7) is 5.32. The van der Waals surface area contributed by atoms with Crippen LogP contribution in [0.25, 0.3) is 0 Å². The van der Waals surface area contributed by atoms with E-state index in [1.165, 1.54) is 24.3 Å². The minimum Gasteiger partial charge on any atom is -0.396 e. The Bertz CT molecular complexity index is 329. The van der Waals surface area contributed by atoms with Crippen molar-refractivity contribution in [2.75, 3.05) is 26.2 Å². The van der Waals surface area contributed by atoms with Crippen LogP contribution in [-0.2, 0) is 4.79 Å². The number of aliphatic hydroxyl groups is 1. The van der Waals surface area contributed by atoms with Crippen molar-refractivity contribution in [3.8, 4) is 0 Å². The smallest absolute Gasteiger partial charge is 0.228 e. The van der Waals surface area contributed by atoms with Gasteiger partial charge in [-0.15, -0.1) is 0 Å². The van der Waals surface area contributed by atoms with Gasteiger partial charge in [0, 0.05) is 19.6 Å². The van der Waals surface area contributed by atoms with Gasteiger partial charge in [-0.2, -0.15) is 5.06 Å². The molecule has 0 spiro atoms. The fourth-order valence-corrected chi connectivity index (χ4v) is 2.98. The lowest BCUT2D eigenvalue weighted by Gasteiger charge is -2.44. The molecule has 1 saturated heterocycles. The van der Waals surface area contributed by atoms with E-state index in [0.29, 0.717) is 25.6 Å². The average Bonchev–Trinajstić information content (AvgIpc) is 2.31. The average molecular weight is 270 g/mol. The molecule has 0 aromatic heterocycles. The Kier molecular flexibility index (Phi) is 4.48. The number of hydroxylamine groups is 2. The Hall–Kier alpha value is -0.650. The molecule has 5 heteroatoms. The van der Waals surface area contributed by atoms with Crippen LogP contribution in [-0.4, -0.2) is 58.0 Å². The Morgan fingerprint density at radius 3 is 2.53 bits per heavy atom. The van der Waals surface area contributed by atoms with Crippen LogP contribution in [0.15, 0.2) is 0 Å². The highest BCUT2D eigenvalue weighted by Crippen LogP contribution is 2.33. The monoisotopic (exact) mass is 270 g/mol. The van der Waals surface area contributed by atoms with Crippen LogP contribution >= 0.6 is 0 Å². The summed E-state index contributed by atoms with van der Waals surface area (Å²) in [5.74, 6) is 0.412. The second kappa shape index (κ2) is 5.77. The van der Waals surface area contributed by atoms with E-state index < -0.39 is 5.54 Å². The molecule has 1 aliphatic carbocycles. The predicted octanol–water partition coefficient (Wildman–Crippen LogP) is 1.10. The van der Waals surface area contributed by atoms with Crippen LogP contribution in [0, 0.1) is 11.8 Å². The van der Waals surface area contributed by atoms with Crippen molar-refractivity contribution in [3.05, 3.63) is 0 Å². The van der Waals surface area contributed by atoms with Crippen molar-refractivity contribution in [2.24, 2.45) is 11.8 Å². The third-order valence-corrected chi connectivity index (χ3v) is 4.58. The molecule has 1 aliphatic heterocycles. The molecular formula is C14H26N2O3. The summed E-state index contributed by atoms with van der Waals surface area (Å²) >= 11 is 0. The van der Waals surface area contributed by atoms with Gasteiger partial charge in [-0.05, 0) is 26.2 Å². The molecule has 19 heavy (non-hydrogen) atoms. The molecule has 2 aliphatic rings. The number of nitrogens with zero attached hydrogens (tertiary/aromatic N) is 2. The second-order valence-electron chi connectivity index (χ2n) is 6.61. The highest BCUT2D eigenvalue weighted by molar-refractivity contribution is 5.79. The molecule has 0 bridgehead atoms. The van der Waals surface area contributed by atoms with Gasteiger partial charge in [-0.1, -0.05) is 19.3 Å². The van der Waals surface area contributed by atoms with Gasteiger partial charge in [0.25, 0.3) is 0 Å². The van der Waals surface area contributed by atoms with Crippen molar-refractivity contribution >= 4 is 5.91 Å². The van der Waals surface area contributed by atoms with Crippen LogP contribution in [0.4, 0.5) is 0 Å². The number of carbonyl (C=O) groups is 1. The summed E-state index contributed by atoms with van der Waals surface area (Å²) in [5, 5.41) is 20.5. The second-order valence-corrected chi connectivity index (χ2v) is 6.61. The van der Waals surface area contributed by atoms with Crippen LogP contribution in [0.1, 0.15) is 39.5 Å². The summed E-state index contributed by atoms with van der Waals surface area (Å²) in [6, 6.07) is 0. The van der Waals surface area contributed by atoms with Crippen LogP contribution < -0.4 is 0 Å². The van der Waals surface area contributed by atoms with Crippen LogP contribution in [0.3, 0.4) is 0 Å². The van der Waals surface area contributed by atoms with Gasteiger partial charge in [0.15, 0.2) is 0 Å². The van der Waals surface area contributed by atoms with E-state index in [1.807, 2.05) is 13.8 Å². The predicted molar refractivity (Wildman–Crippen MR) is 71.7 cm³/mol. The summed E-state index contributed by atoms with van der Waals surface area (Å²) in [7, 11) is 0. The van der Waals surface area contributed by atoms with E-state index in [0.717, 1.165) is 6.42 Å². The Morgan fingerprint density at radius 1 is 1.37 bits per heavy atom. The Labute approximate surface area is 115 Å². The van der Waals surface area contributed by atoms with E-state index in [2.05, 4.69) is 0 Å². The first-order valence-corrected chi connectivity index (χ1v) is 7.30. The number of amides is 1. The van der Waals surface area contributed by atoms with Crippen molar-refractivity contribution in [1.29, 1.82) is 0 Å². The van der Waals surface area contributed by atoms with E-state index >= 15 is 0 Å². The largest absolute Gasteiger partial charge is 0.396 e. The standard InChI is InChI=1S/C14H26N2O3/c1-14(2)10-15(6-7-16(14)19)13(18)12(9-17)8-11-4-3-5-11/h11-12,17,19H,3-10H2,1-2H3/t12-/m0/s1. The van der Waals surface area contributed by atoms with E-state index in [9.17, 15) is 15.1 Å². The number of hydrogen-bond acceptors (Lipinski definition) is 4. The maximum absolute atomic E-state index is 12.5. The normalized spacial score (nSPS) is 26.0. The van der Waals surface area contributed by atoms with E-state index in [4.69, 9.17) is 0 Å². The molecule has 1 atom stereocenters. The molecule has 1 heterocycles. The van der Waals surface area contributed by atoms with Crippen LogP contribution in [0.2, 0.25) is 0 Å². The minimum absolute atomic E-state index is 0.0515. The first-order valence-electron chi connectivity index (χ1n) is 7.30. The third kappa shape index (κ3) is 3.27. The summed E-state index contributed by atoms with van der Waals surface area (Å²) in [6.07, 6.45) is 4.46. The Balaban J connectivity index is 1.93. The zero-order valence-corrected chi connectivity index (χ0v) is 12.0. The fourth-order valence-electron chi connectivity index (χ4n) is 2.98. The van der Waals surface area contributed by atoms with Gasteiger partial charge in [0.1, 0.15) is 0 Å². The third-order valence-electron chi connectivity index (χ3n) is 4.58. The molecule has 0 aromatic carbocycles. The lowest BCUT2D eigenvalue weighted by molar-refractivity contribution is -0.195. The molecule has 2 N–H and O–H groups in total. The van der Waals surface area contributed by atoms with Crippen molar-refractivity contribution in [1.82, 2.24) is 9.96 Å². The molecular weight excluding hydrogens is 244 g/mol. The SMILES string of the molecule is CC1(C)CN(C(=O)[C@H](CO)CC2CCC2)CCN1O. The molecule has 5 nitrogen and oxygen atoms in total. The molecule has 0 unspecified atom stereocenters. The topological polar surface area (TPSA) is 64.0 Å². The maximum Gasteiger partial charge on any atom is 0.228 e. The molecule has 110 valence electrons. The fraction of sp³-hybridized carbons (Fsp3) is 0.929. The number of rotatable bonds is 4. The quantitative estimate of drug-likeness (QED) is 0.803. The summed E-state index contributed by atoms with van der Waals surface area (Å²) in [5.41, 5.74) is -0.412. The number of aliphatic hydroxyl groups excluding tert-OH is 1. The zero-order chi connectivity index (χ0) is 14.0. The van der Waals surface area contributed by atoms with Gasteiger partial charge in [0.05, 0.1) is 18.1 Å². The molecule has 1 saturated carbocycles. The van der Waals surface area contributed by atoms with E-state index in [1.54, 1.807) is 4.90 Å². The van der Waals surface area contributed by atoms with Gasteiger partial charge in [-0.25, -0.2) is 0 Å². The van der Waals surface area contributed by atoms with Crippen LogP contribution in [0.5, 0.6) is 0 Å². The summed E-state index contributed by atoms with van der Waals surface area (Å²) < 4.78 is 0. The molecule has 0 radical (unpaired) electrons. The van der Waals surface area contributed by atoms with Gasteiger partial charge in [-0.3, -0.25) is 4.79 Å². The molecule has 2 rings (SSSR count). The molecule has 0 aromatic rings. The number of carbonyl (C=O) groups excluding carboxylic acids is 1. The molecule has 2 fully saturated rings. The minimum atomic E-state index is -0.412. The van der Waals surface area contributed by atoms with Gasteiger partial charge < -0.3 is 15.2 Å². The molecule has 1 amide bonds. The van der Waals surface area contributed by atoms with Crippen molar-refractivity contribution < 1.29 is 15.1 Å². The van der Waals surface area contributed by atoms with E-state index in [-0.39, 0.29) is 18.4 Å². The van der Waals surface area contributed by atoms with Gasteiger partial charge in [0.2, 0.25) is 5.91 Å². The van der Waals surface area contributed by atoms with Crippen molar-refractivity contribution in [2.45, 2.75) is 45.1 Å². The van der Waals surface area contributed by atoms with Gasteiger partial charge >= 0.3 is 0 Å². The highest BCUT2D eigenvalue weighted by Gasteiger charge is 2.37.